The van der Waals surface area contributed by atoms with Gasteiger partial charge in [-0.1, -0.05) is 44.2 Å². The number of carbonyl (C=O) groups excluding carboxylic acids is 3. The van der Waals surface area contributed by atoms with Gasteiger partial charge in [0.15, 0.2) is 0 Å². The van der Waals surface area contributed by atoms with Crippen molar-refractivity contribution in [3.63, 3.8) is 0 Å². The summed E-state index contributed by atoms with van der Waals surface area (Å²) in [7, 11) is 0. The van der Waals surface area contributed by atoms with Gasteiger partial charge in [-0.3, -0.25) is 14.4 Å². The predicted molar refractivity (Wildman–Crippen MR) is 97.5 cm³/mol. The molecule has 0 spiro atoms. The molecule has 0 heterocycles. The fourth-order valence-electron chi connectivity index (χ4n) is 2.16. The van der Waals surface area contributed by atoms with Crippen molar-refractivity contribution in [1.82, 2.24) is 0 Å². The first-order valence-corrected chi connectivity index (χ1v) is 8.56. The summed E-state index contributed by atoms with van der Waals surface area (Å²) in [4.78, 5) is 35.9. The molecule has 0 aromatic heterocycles. The average molecular weight is 354 g/mol. The molecule has 0 bridgehead atoms. The van der Waals surface area contributed by atoms with E-state index in [0.717, 1.165) is 6.42 Å². The Morgan fingerprint density at radius 2 is 1.42 bits per heavy atom. The molecule has 2 aromatic carbocycles. The lowest BCUT2D eigenvalue weighted by Crippen LogP contribution is -2.17. The molecule has 0 fully saturated rings. The second-order valence-electron chi connectivity index (χ2n) is 5.87. The summed E-state index contributed by atoms with van der Waals surface area (Å²) in [5.74, 6) is -0.936. The maximum Gasteiger partial charge on any atom is 0.308 e. The van der Waals surface area contributed by atoms with Gasteiger partial charge >= 0.3 is 5.97 Å². The molecule has 136 valence electrons. The predicted octanol–water partition coefficient (Wildman–Crippen LogP) is 3.72. The molecule has 2 aromatic rings. The third-order valence-corrected chi connectivity index (χ3v) is 3.97. The van der Waals surface area contributed by atoms with Gasteiger partial charge in [-0.05, 0) is 30.7 Å². The van der Waals surface area contributed by atoms with E-state index < -0.39 is 11.6 Å². The zero-order chi connectivity index (χ0) is 18.9. The van der Waals surface area contributed by atoms with Crippen LogP contribution in [0.15, 0.2) is 54.6 Å². The molecule has 5 heteroatoms. The first-order valence-electron chi connectivity index (χ1n) is 8.56. The summed E-state index contributed by atoms with van der Waals surface area (Å²) in [5, 5.41) is 0. The summed E-state index contributed by atoms with van der Waals surface area (Å²) in [6.07, 6.45) is 0.733. The number of ketones is 2. The molecule has 0 aliphatic rings. The van der Waals surface area contributed by atoms with Crippen LogP contribution in [-0.4, -0.2) is 30.7 Å². The average Bonchev–Trinajstić information content (AvgIpc) is 2.70. The number of Topliss-reactive ketones (excluding diaryl/α,β-unsaturated/α-hetero) is 2. The van der Waals surface area contributed by atoms with Crippen molar-refractivity contribution in [2.24, 2.45) is 5.92 Å². The van der Waals surface area contributed by atoms with E-state index >= 15 is 0 Å². The van der Waals surface area contributed by atoms with E-state index in [1.807, 2.05) is 13.8 Å². The van der Waals surface area contributed by atoms with Gasteiger partial charge in [0.1, 0.15) is 19.0 Å². The van der Waals surface area contributed by atoms with E-state index in [2.05, 4.69) is 0 Å². The van der Waals surface area contributed by atoms with Crippen molar-refractivity contribution < 1.29 is 23.9 Å². The monoisotopic (exact) mass is 354 g/mol. The Balaban J connectivity index is 1.85. The molecule has 0 amide bonds. The first-order chi connectivity index (χ1) is 12.5. The Hall–Kier alpha value is -2.95. The number of esters is 1. The Morgan fingerprint density at radius 3 is 2.00 bits per heavy atom. The Labute approximate surface area is 152 Å². The molecular weight excluding hydrogens is 332 g/mol. The van der Waals surface area contributed by atoms with Gasteiger partial charge in [-0.25, -0.2) is 0 Å². The van der Waals surface area contributed by atoms with E-state index in [9.17, 15) is 14.4 Å². The van der Waals surface area contributed by atoms with Crippen molar-refractivity contribution in [1.29, 1.82) is 0 Å². The van der Waals surface area contributed by atoms with Gasteiger partial charge in [0, 0.05) is 11.1 Å². The van der Waals surface area contributed by atoms with Crippen molar-refractivity contribution in [3.05, 3.63) is 65.7 Å². The second kappa shape index (κ2) is 9.51. The standard InChI is InChI=1S/C21H22O5/c1-3-15(2)21(24)26-14-13-25-18-11-9-17(10-12-18)20(23)19(22)16-7-5-4-6-8-16/h4-12,15H,3,13-14H2,1-2H3. The number of rotatable bonds is 9. The maximum absolute atomic E-state index is 12.2. The van der Waals surface area contributed by atoms with Crippen LogP contribution in [0.25, 0.3) is 0 Å². The largest absolute Gasteiger partial charge is 0.490 e. The van der Waals surface area contributed by atoms with Crippen LogP contribution in [-0.2, 0) is 9.53 Å². The van der Waals surface area contributed by atoms with Crippen molar-refractivity contribution in [2.45, 2.75) is 20.3 Å². The lowest BCUT2D eigenvalue weighted by atomic mass is 10.0. The van der Waals surface area contributed by atoms with Gasteiger partial charge in [0.25, 0.3) is 0 Å². The molecule has 5 nitrogen and oxygen atoms in total. The maximum atomic E-state index is 12.2. The quantitative estimate of drug-likeness (QED) is 0.297. The summed E-state index contributed by atoms with van der Waals surface area (Å²) in [6.45, 7) is 4.12. The molecule has 1 unspecified atom stereocenters. The minimum absolute atomic E-state index is 0.123. The van der Waals surface area contributed by atoms with Crippen LogP contribution in [0.5, 0.6) is 5.75 Å². The molecule has 1 atom stereocenters. The van der Waals surface area contributed by atoms with E-state index in [1.54, 1.807) is 54.6 Å². The van der Waals surface area contributed by atoms with Crippen LogP contribution in [0.1, 0.15) is 41.0 Å². The highest BCUT2D eigenvalue weighted by Crippen LogP contribution is 2.14. The minimum Gasteiger partial charge on any atom is -0.490 e. The van der Waals surface area contributed by atoms with Gasteiger partial charge in [-0.2, -0.15) is 0 Å². The van der Waals surface area contributed by atoms with Gasteiger partial charge in [-0.15, -0.1) is 0 Å². The fourth-order valence-corrected chi connectivity index (χ4v) is 2.16. The Morgan fingerprint density at radius 1 is 0.846 bits per heavy atom. The van der Waals surface area contributed by atoms with Crippen LogP contribution >= 0.6 is 0 Å². The fraction of sp³-hybridized carbons (Fsp3) is 0.286. The van der Waals surface area contributed by atoms with Crippen molar-refractivity contribution in [2.75, 3.05) is 13.2 Å². The smallest absolute Gasteiger partial charge is 0.308 e. The van der Waals surface area contributed by atoms with Crippen LogP contribution in [0, 0.1) is 5.92 Å². The summed E-state index contributed by atoms with van der Waals surface area (Å²) >= 11 is 0. The van der Waals surface area contributed by atoms with E-state index in [0.29, 0.717) is 16.9 Å². The third kappa shape index (κ3) is 5.28. The molecule has 0 aliphatic heterocycles. The third-order valence-electron chi connectivity index (χ3n) is 3.97. The van der Waals surface area contributed by atoms with Crippen LogP contribution < -0.4 is 4.74 Å². The first kappa shape index (κ1) is 19.4. The molecule has 26 heavy (non-hydrogen) atoms. The van der Waals surface area contributed by atoms with E-state index in [-0.39, 0.29) is 25.1 Å². The summed E-state index contributed by atoms with van der Waals surface area (Å²) in [6, 6.07) is 14.7. The normalized spacial score (nSPS) is 11.5. The molecule has 0 aliphatic carbocycles. The highest BCUT2D eigenvalue weighted by atomic mass is 16.6. The van der Waals surface area contributed by atoms with Gasteiger partial charge in [0.05, 0.1) is 5.92 Å². The highest BCUT2D eigenvalue weighted by molar-refractivity contribution is 6.49. The topological polar surface area (TPSA) is 69.7 Å². The number of benzene rings is 2. The zero-order valence-electron chi connectivity index (χ0n) is 14.9. The van der Waals surface area contributed by atoms with Gasteiger partial charge < -0.3 is 9.47 Å². The number of hydrogen-bond donors (Lipinski definition) is 0. The van der Waals surface area contributed by atoms with Crippen LogP contribution in [0.3, 0.4) is 0 Å². The number of hydrogen-bond acceptors (Lipinski definition) is 5. The van der Waals surface area contributed by atoms with Crippen molar-refractivity contribution in [3.8, 4) is 5.75 Å². The molecule has 0 radical (unpaired) electrons. The Bertz CT molecular complexity index is 750. The number of carbonyl (C=O) groups is 3. The van der Waals surface area contributed by atoms with Crippen molar-refractivity contribution >= 4 is 17.5 Å². The van der Waals surface area contributed by atoms with Crippen LogP contribution in [0.4, 0.5) is 0 Å². The lowest BCUT2D eigenvalue weighted by molar-refractivity contribution is -0.148. The molecule has 2 rings (SSSR count). The van der Waals surface area contributed by atoms with E-state index in [1.165, 1.54) is 0 Å². The second-order valence-corrected chi connectivity index (χ2v) is 5.87. The lowest BCUT2D eigenvalue weighted by Gasteiger charge is -2.10. The van der Waals surface area contributed by atoms with E-state index in [4.69, 9.17) is 9.47 Å². The zero-order valence-corrected chi connectivity index (χ0v) is 14.9. The SMILES string of the molecule is CCC(C)C(=O)OCCOc1ccc(C(=O)C(=O)c2ccccc2)cc1. The minimum atomic E-state index is -0.565. The summed E-state index contributed by atoms with van der Waals surface area (Å²) in [5.41, 5.74) is 0.662. The molecule has 0 saturated carbocycles. The van der Waals surface area contributed by atoms with Crippen LogP contribution in [0.2, 0.25) is 0 Å². The Kier molecular flexibility index (Phi) is 7.09. The number of ether oxygens (including phenoxy) is 2. The molecule has 0 saturated heterocycles. The molecule has 0 N–H and O–H groups in total. The molecular formula is C21H22O5. The highest BCUT2D eigenvalue weighted by Gasteiger charge is 2.18. The van der Waals surface area contributed by atoms with Gasteiger partial charge in [0.2, 0.25) is 11.6 Å². The summed E-state index contributed by atoms with van der Waals surface area (Å²) < 4.78 is 10.6.